The van der Waals surface area contributed by atoms with Crippen molar-refractivity contribution in [1.29, 1.82) is 0 Å². The van der Waals surface area contributed by atoms with Gasteiger partial charge in [0.1, 0.15) is 0 Å². The van der Waals surface area contributed by atoms with E-state index < -0.39 is 0 Å². The molecule has 6 nitrogen and oxygen atoms in total. The second-order valence-electron chi connectivity index (χ2n) is 6.99. The fourth-order valence-corrected chi connectivity index (χ4v) is 4.72. The van der Waals surface area contributed by atoms with Crippen LogP contribution in [0.1, 0.15) is 36.8 Å². The van der Waals surface area contributed by atoms with E-state index >= 15 is 0 Å². The molecule has 3 N–H and O–H groups in total. The van der Waals surface area contributed by atoms with Crippen molar-refractivity contribution in [3.63, 3.8) is 0 Å². The van der Waals surface area contributed by atoms with Gasteiger partial charge in [0.25, 0.3) is 0 Å². The molecular weight excluding hydrogens is 395 g/mol. The number of carbonyl (C=O) groups is 2. The van der Waals surface area contributed by atoms with Gasteiger partial charge in [-0.1, -0.05) is 0 Å². The predicted octanol–water partition coefficient (Wildman–Crippen LogP) is 2.09. The SMILES string of the molecule is CC(C)(C)c1ccc(N2C=C(NC=O)[Se]C2NC(=O)c2ccc[nH]2)cc1. The number of aromatic amines is 1. The van der Waals surface area contributed by atoms with E-state index in [1.54, 1.807) is 18.3 Å². The number of anilines is 1. The van der Waals surface area contributed by atoms with Crippen LogP contribution in [0.3, 0.4) is 0 Å². The minimum absolute atomic E-state index is 0.0782. The molecule has 0 saturated carbocycles. The van der Waals surface area contributed by atoms with Gasteiger partial charge in [-0.05, 0) is 0 Å². The number of H-pyrrole nitrogens is 1. The molecule has 2 amide bonds. The van der Waals surface area contributed by atoms with E-state index in [1.807, 2.05) is 23.2 Å². The summed E-state index contributed by atoms with van der Waals surface area (Å²) in [4.78, 5) is 28.2. The van der Waals surface area contributed by atoms with E-state index in [4.69, 9.17) is 0 Å². The Morgan fingerprint density at radius 3 is 2.54 bits per heavy atom. The van der Waals surface area contributed by atoms with Gasteiger partial charge in [0.2, 0.25) is 0 Å². The summed E-state index contributed by atoms with van der Waals surface area (Å²) in [5.41, 5.74) is 2.81. The molecule has 1 aromatic carbocycles. The van der Waals surface area contributed by atoms with Crippen molar-refractivity contribution in [2.45, 2.75) is 31.3 Å². The Labute approximate surface area is 159 Å². The van der Waals surface area contributed by atoms with Gasteiger partial charge < -0.3 is 0 Å². The number of nitrogens with zero attached hydrogens (tertiary/aromatic N) is 1. The molecule has 1 atom stereocenters. The van der Waals surface area contributed by atoms with Crippen molar-refractivity contribution in [3.05, 3.63) is 64.6 Å². The molecule has 2 heterocycles. The Kier molecular flexibility index (Phi) is 5.20. The van der Waals surface area contributed by atoms with Crippen molar-refractivity contribution in [2.75, 3.05) is 4.90 Å². The topological polar surface area (TPSA) is 77.2 Å². The first-order valence-corrected chi connectivity index (χ1v) is 10.1. The third kappa shape index (κ3) is 4.00. The van der Waals surface area contributed by atoms with Gasteiger partial charge in [0, 0.05) is 0 Å². The average Bonchev–Trinajstić information content (AvgIpc) is 3.25. The van der Waals surface area contributed by atoms with Crippen LogP contribution in [0.4, 0.5) is 5.69 Å². The number of hydrogen-bond acceptors (Lipinski definition) is 3. The molecule has 136 valence electrons. The van der Waals surface area contributed by atoms with Crippen molar-refractivity contribution in [3.8, 4) is 0 Å². The molecule has 7 heteroatoms. The summed E-state index contributed by atoms with van der Waals surface area (Å²) in [5.74, 6) is -0.168. The van der Waals surface area contributed by atoms with Crippen LogP contribution in [0.25, 0.3) is 0 Å². The zero-order valence-corrected chi connectivity index (χ0v) is 16.7. The van der Waals surface area contributed by atoms with Crippen LogP contribution in [0.2, 0.25) is 0 Å². The molecule has 1 aliphatic rings. The second-order valence-corrected chi connectivity index (χ2v) is 9.34. The molecule has 1 aromatic heterocycles. The first-order valence-electron chi connectivity index (χ1n) is 8.30. The fraction of sp³-hybridized carbons (Fsp3) is 0.263. The van der Waals surface area contributed by atoms with E-state index in [0.717, 1.165) is 10.3 Å². The molecule has 0 spiro atoms. The van der Waals surface area contributed by atoms with Gasteiger partial charge in [-0.3, -0.25) is 0 Å². The van der Waals surface area contributed by atoms with E-state index in [2.05, 4.69) is 48.5 Å². The molecule has 26 heavy (non-hydrogen) atoms. The van der Waals surface area contributed by atoms with Gasteiger partial charge in [0.15, 0.2) is 0 Å². The quantitative estimate of drug-likeness (QED) is 0.515. The fourth-order valence-electron chi connectivity index (χ4n) is 2.63. The summed E-state index contributed by atoms with van der Waals surface area (Å²) < 4.78 is 0.823. The van der Waals surface area contributed by atoms with Crippen molar-refractivity contribution >= 4 is 33.0 Å². The van der Waals surface area contributed by atoms with Gasteiger partial charge in [-0.2, -0.15) is 0 Å². The number of aromatic nitrogens is 1. The summed E-state index contributed by atoms with van der Waals surface area (Å²) >= 11 is -0.119. The van der Waals surface area contributed by atoms with Crippen molar-refractivity contribution in [1.82, 2.24) is 15.6 Å². The number of amides is 2. The van der Waals surface area contributed by atoms with E-state index in [-0.39, 0.29) is 31.3 Å². The standard InChI is InChI=1S/C19H22N4O2Se/c1-19(2,3)13-6-8-14(9-7-13)23-11-16(21-12-24)26-18(23)22-17(25)15-5-4-10-20-15/h4-12,18,20H,1-3H3,(H,21,24)(H,22,25). The maximum absolute atomic E-state index is 12.4. The molecule has 3 rings (SSSR count). The van der Waals surface area contributed by atoms with Crippen LogP contribution < -0.4 is 15.5 Å². The molecule has 1 aliphatic heterocycles. The first kappa shape index (κ1) is 18.3. The Morgan fingerprint density at radius 1 is 1.23 bits per heavy atom. The van der Waals surface area contributed by atoms with Crippen LogP contribution in [0.15, 0.2) is 53.4 Å². The van der Waals surface area contributed by atoms with Crippen molar-refractivity contribution in [2.24, 2.45) is 0 Å². The number of carbonyl (C=O) groups excluding carboxylic acids is 2. The Bertz CT molecular complexity index is 807. The predicted molar refractivity (Wildman–Crippen MR) is 103 cm³/mol. The number of benzene rings is 1. The number of hydrogen-bond donors (Lipinski definition) is 3. The summed E-state index contributed by atoms with van der Waals surface area (Å²) in [6.07, 6.45) is 4.28. The average molecular weight is 417 g/mol. The Hall–Kier alpha value is -2.50. The van der Waals surface area contributed by atoms with E-state index in [9.17, 15) is 9.59 Å². The van der Waals surface area contributed by atoms with Crippen LogP contribution in [-0.4, -0.2) is 37.3 Å². The summed E-state index contributed by atoms with van der Waals surface area (Å²) in [6, 6.07) is 11.8. The molecular formula is C19H22N4O2Se. The third-order valence-electron chi connectivity index (χ3n) is 4.08. The molecule has 0 saturated heterocycles. The molecule has 1 unspecified atom stereocenters. The zero-order valence-electron chi connectivity index (χ0n) is 14.9. The van der Waals surface area contributed by atoms with Gasteiger partial charge in [-0.25, -0.2) is 0 Å². The van der Waals surface area contributed by atoms with Gasteiger partial charge in [0.05, 0.1) is 0 Å². The first-order chi connectivity index (χ1) is 12.4. The molecule has 2 aromatic rings. The van der Waals surface area contributed by atoms with Gasteiger partial charge >= 0.3 is 159 Å². The summed E-state index contributed by atoms with van der Waals surface area (Å²) in [5, 5.41) is 5.56. The molecule has 0 fully saturated rings. The molecule has 0 aliphatic carbocycles. The molecule has 0 radical (unpaired) electrons. The third-order valence-corrected chi connectivity index (χ3v) is 6.27. The van der Waals surface area contributed by atoms with E-state index in [0.29, 0.717) is 12.1 Å². The van der Waals surface area contributed by atoms with E-state index in [1.165, 1.54) is 5.56 Å². The molecule has 0 bridgehead atoms. The second kappa shape index (κ2) is 7.40. The van der Waals surface area contributed by atoms with Crippen LogP contribution >= 0.6 is 0 Å². The zero-order chi connectivity index (χ0) is 18.7. The minimum atomic E-state index is -0.207. The Balaban J connectivity index is 1.82. The van der Waals surface area contributed by atoms with Crippen molar-refractivity contribution < 1.29 is 9.59 Å². The summed E-state index contributed by atoms with van der Waals surface area (Å²) in [7, 11) is 0. The monoisotopic (exact) mass is 418 g/mol. The van der Waals surface area contributed by atoms with Crippen LogP contribution in [0, 0.1) is 0 Å². The van der Waals surface area contributed by atoms with Crippen LogP contribution in [-0.2, 0) is 10.2 Å². The number of rotatable bonds is 5. The van der Waals surface area contributed by atoms with Gasteiger partial charge in [-0.15, -0.1) is 0 Å². The normalized spacial score (nSPS) is 17.0. The Morgan fingerprint density at radius 2 is 1.96 bits per heavy atom. The summed E-state index contributed by atoms with van der Waals surface area (Å²) in [6.45, 7) is 6.52. The van der Waals surface area contributed by atoms with Crippen LogP contribution in [0.5, 0.6) is 0 Å². The number of nitrogens with one attached hydrogen (secondary N) is 3. The maximum atomic E-state index is 12.4.